The average Bonchev–Trinajstić information content (AvgIpc) is 2.24. The maximum absolute atomic E-state index is 12.2. The number of nitriles is 1. The highest BCUT2D eigenvalue weighted by Gasteiger charge is 2.23. The highest BCUT2D eigenvalue weighted by Crippen LogP contribution is 2.31. The zero-order valence-electron chi connectivity index (χ0n) is 7.51. The van der Waals surface area contributed by atoms with Gasteiger partial charge in [0.25, 0.3) is 0 Å². The van der Waals surface area contributed by atoms with Crippen LogP contribution in [0.25, 0.3) is 0 Å². The van der Waals surface area contributed by atoms with Crippen molar-refractivity contribution in [3.05, 3.63) is 33.8 Å². The molecule has 15 heavy (non-hydrogen) atoms. The van der Waals surface area contributed by atoms with E-state index in [2.05, 4.69) is 0 Å². The number of carbonyl (C=O) groups is 1. The fourth-order valence-electron chi connectivity index (χ4n) is 1.14. The van der Waals surface area contributed by atoms with E-state index >= 15 is 0 Å². The van der Waals surface area contributed by atoms with Crippen LogP contribution >= 0.6 is 23.2 Å². The normalized spacial score (nSPS) is 11.9. The summed E-state index contributed by atoms with van der Waals surface area (Å²) < 4.78 is 12.2. The molecule has 1 unspecified atom stereocenters. The van der Waals surface area contributed by atoms with Gasteiger partial charge in [0.15, 0.2) is 5.78 Å². The molecule has 1 rings (SSSR count). The molecule has 0 bridgehead atoms. The molecule has 0 aliphatic rings. The van der Waals surface area contributed by atoms with Gasteiger partial charge in [-0.1, -0.05) is 35.3 Å². The summed E-state index contributed by atoms with van der Waals surface area (Å²) >= 11 is 11.5. The molecule has 0 aromatic heterocycles. The van der Waals surface area contributed by atoms with Crippen LogP contribution in [0, 0.1) is 11.3 Å². The Labute approximate surface area is 96.2 Å². The number of alkyl halides is 1. The standard InChI is InChI=1S/C10H6Cl2FNO/c11-8-3-1-2-6(10(8)12)7(5-14)9(15)4-13/h1-3,7H,4H2. The van der Waals surface area contributed by atoms with Crippen LogP contribution in [0.3, 0.4) is 0 Å². The summed E-state index contributed by atoms with van der Waals surface area (Å²) in [5, 5.41) is 9.11. The number of benzene rings is 1. The Hall–Kier alpha value is -1.11. The second kappa shape index (κ2) is 5.11. The second-order valence-corrected chi connectivity index (χ2v) is 3.59. The molecule has 0 aliphatic carbocycles. The summed E-state index contributed by atoms with van der Waals surface area (Å²) in [6.45, 7) is -1.19. The van der Waals surface area contributed by atoms with Crippen molar-refractivity contribution in [2.75, 3.05) is 6.67 Å². The van der Waals surface area contributed by atoms with Crippen molar-refractivity contribution >= 4 is 29.0 Å². The van der Waals surface area contributed by atoms with E-state index < -0.39 is 18.4 Å². The minimum atomic E-state index is -1.19. The van der Waals surface area contributed by atoms with E-state index in [1.54, 1.807) is 12.1 Å². The first kappa shape index (κ1) is 12.0. The molecule has 0 aliphatic heterocycles. The van der Waals surface area contributed by atoms with Crippen LogP contribution in [0.15, 0.2) is 18.2 Å². The van der Waals surface area contributed by atoms with E-state index in [-0.39, 0.29) is 15.6 Å². The van der Waals surface area contributed by atoms with Crippen molar-refractivity contribution in [3.63, 3.8) is 0 Å². The summed E-state index contributed by atoms with van der Waals surface area (Å²) in [5.74, 6) is -2.01. The highest BCUT2D eigenvalue weighted by atomic mass is 35.5. The van der Waals surface area contributed by atoms with Gasteiger partial charge in [0, 0.05) is 0 Å². The molecular formula is C10H6Cl2FNO. The summed E-state index contributed by atoms with van der Waals surface area (Å²) in [6, 6.07) is 6.27. The molecule has 0 spiro atoms. The fraction of sp³-hybridized carbons (Fsp3) is 0.200. The van der Waals surface area contributed by atoms with Crippen molar-refractivity contribution in [2.24, 2.45) is 0 Å². The van der Waals surface area contributed by atoms with Crippen LogP contribution in [0.4, 0.5) is 4.39 Å². The molecular weight excluding hydrogens is 240 g/mol. The lowest BCUT2D eigenvalue weighted by Gasteiger charge is -2.08. The van der Waals surface area contributed by atoms with Gasteiger partial charge in [-0.05, 0) is 11.6 Å². The molecule has 1 aromatic rings. The molecule has 0 N–H and O–H groups in total. The molecule has 0 heterocycles. The average molecular weight is 246 g/mol. The number of rotatable bonds is 3. The van der Waals surface area contributed by atoms with Crippen LogP contribution in [-0.4, -0.2) is 12.5 Å². The van der Waals surface area contributed by atoms with E-state index in [4.69, 9.17) is 28.5 Å². The molecule has 1 atom stereocenters. The molecule has 0 amide bonds. The summed E-state index contributed by atoms with van der Waals surface area (Å²) in [7, 11) is 0. The Balaban J connectivity index is 3.20. The Bertz CT molecular complexity index is 428. The summed E-state index contributed by atoms with van der Waals surface area (Å²) in [6.07, 6.45) is 0. The monoisotopic (exact) mass is 245 g/mol. The Morgan fingerprint density at radius 3 is 2.73 bits per heavy atom. The van der Waals surface area contributed by atoms with E-state index in [0.717, 1.165) is 0 Å². The first-order valence-electron chi connectivity index (χ1n) is 4.04. The molecule has 0 saturated carbocycles. The third-order valence-corrected chi connectivity index (χ3v) is 2.71. The summed E-state index contributed by atoms with van der Waals surface area (Å²) in [4.78, 5) is 11.1. The van der Waals surface area contributed by atoms with Crippen molar-refractivity contribution in [1.82, 2.24) is 0 Å². The van der Waals surface area contributed by atoms with Crippen LogP contribution < -0.4 is 0 Å². The molecule has 1 aromatic carbocycles. The van der Waals surface area contributed by atoms with Crippen LogP contribution in [0.1, 0.15) is 11.5 Å². The van der Waals surface area contributed by atoms with Crippen molar-refractivity contribution < 1.29 is 9.18 Å². The van der Waals surface area contributed by atoms with Gasteiger partial charge >= 0.3 is 0 Å². The van der Waals surface area contributed by atoms with E-state index in [1.165, 1.54) is 12.1 Å². The number of hydrogen-bond acceptors (Lipinski definition) is 2. The summed E-state index contributed by atoms with van der Waals surface area (Å²) in [5.41, 5.74) is 0.245. The zero-order valence-corrected chi connectivity index (χ0v) is 9.02. The van der Waals surface area contributed by atoms with Crippen LogP contribution in [0.5, 0.6) is 0 Å². The lowest BCUT2D eigenvalue weighted by Crippen LogP contribution is -2.12. The van der Waals surface area contributed by atoms with Gasteiger partial charge in [-0.3, -0.25) is 4.79 Å². The Morgan fingerprint density at radius 2 is 2.20 bits per heavy atom. The second-order valence-electron chi connectivity index (χ2n) is 2.81. The predicted molar refractivity (Wildman–Crippen MR) is 55.8 cm³/mol. The molecule has 2 nitrogen and oxygen atoms in total. The van der Waals surface area contributed by atoms with Crippen LogP contribution in [0.2, 0.25) is 10.0 Å². The topological polar surface area (TPSA) is 40.9 Å². The third-order valence-electron chi connectivity index (χ3n) is 1.88. The van der Waals surface area contributed by atoms with Gasteiger partial charge in [0.05, 0.1) is 16.1 Å². The number of hydrogen-bond donors (Lipinski definition) is 0. The Morgan fingerprint density at radius 1 is 1.53 bits per heavy atom. The van der Waals surface area contributed by atoms with Gasteiger partial charge in [0.2, 0.25) is 0 Å². The van der Waals surface area contributed by atoms with Crippen molar-refractivity contribution in [3.8, 4) is 6.07 Å². The number of carbonyl (C=O) groups excluding carboxylic acids is 1. The highest BCUT2D eigenvalue weighted by molar-refractivity contribution is 6.42. The van der Waals surface area contributed by atoms with Gasteiger partial charge in [-0.25, -0.2) is 4.39 Å². The van der Waals surface area contributed by atoms with Gasteiger partial charge in [-0.2, -0.15) is 5.26 Å². The number of ketones is 1. The van der Waals surface area contributed by atoms with E-state index in [9.17, 15) is 9.18 Å². The van der Waals surface area contributed by atoms with E-state index in [0.29, 0.717) is 0 Å². The molecule has 0 saturated heterocycles. The molecule has 0 radical (unpaired) electrons. The van der Waals surface area contributed by atoms with Gasteiger partial charge < -0.3 is 0 Å². The molecule has 78 valence electrons. The third kappa shape index (κ3) is 2.47. The minimum absolute atomic E-state index is 0.118. The molecule has 5 heteroatoms. The smallest absolute Gasteiger partial charge is 0.185 e. The fourth-order valence-corrected chi connectivity index (χ4v) is 1.55. The quantitative estimate of drug-likeness (QED) is 0.821. The maximum Gasteiger partial charge on any atom is 0.185 e. The minimum Gasteiger partial charge on any atom is -0.295 e. The molecule has 0 fully saturated rings. The van der Waals surface area contributed by atoms with Crippen LogP contribution in [-0.2, 0) is 4.79 Å². The number of nitrogens with zero attached hydrogens (tertiary/aromatic N) is 1. The predicted octanol–water partition coefficient (Wildman–Crippen LogP) is 3.14. The van der Waals surface area contributed by atoms with Gasteiger partial charge in [-0.15, -0.1) is 0 Å². The lowest BCUT2D eigenvalue weighted by molar-refractivity contribution is -0.120. The first-order valence-corrected chi connectivity index (χ1v) is 4.79. The van der Waals surface area contributed by atoms with Crippen molar-refractivity contribution in [2.45, 2.75) is 5.92 Å². The largest absolute Gasteiger partial charge is 0.295 e. The van der Waals surface area contributed by atoms with Gasteiger partial charge in [0.1, 0.15) is 12.6 Å². The maximum atomic E-state index is 12.2. The number of halogens is 3. The zero-order chi connectivity index (χ0) is 11.4. The number of Topliss-reactive ketones (excluding diaryl/α,β-unsaturated/α-hetero) is 1. The lowest BCUT2D eigenvalue weighted by atomic mass is 9.97. The first-order chi connectivity index (χ1) is 7.11. The SMILES string of the molecule is N#CC(C(=O)CF)c1cccc(Cl)c1Cl. The van der Waals surface area contributed by atoms with E-state index in [1.807, 2.05) is 0 Å². The van der Waals surface area contributed by atoms with Crippen molar-refractivity contribution in [1.29, 1.82) is 5.26 Å². The Kier molecular flexibility index (Phi) is 4.07.